The Labute approximate surface area is 192 Å². The summed E-state index contributed by atoms with van der Waals surface area (Å²) in [4.78, 5) is 48.2. The second-order valence-electron chi connectivity index (χ2n) is 8.39. The largest absolute Gasteiger partial charge is 0.462 e. The molecule has 0 saturated carbocycles. The van der Waals surface area contributed by atoms with Gasteiger partial charge in [-0.3, -0.25) is 14.5 Å². The van der Waals surface area contributed by atoms with E-state index >= 15 is 0 Å². The summed E-state index contributed by atoms with van der Waals surface area (Å²) in [6.45, 7) is 10.3. The number of carbonyl (C=O) groups is 2. The predicted molar refractivity (Wildman–Crippen MR) is 126 cm³/mol. The SMILES string of the molecule is CCCCCNC(=O)C1CCN(C(C)c2nc3sc(C(=O)OCC)c(C)c3c(=O)[nH]2)CC1. The number of carbonyl (C=O) groups excluding carboxylic acids is 2. The van der Waals surface area contributed by atoms with Crippen molar-refractivity contribution in [3.63, 3.8) is 0 Å². The van der Waals surface area contributed by atoms with Gasteiger partial charge in [0.15, 0.2) is 0 Å². The third-order valence-electron chi connectivity index (χ3n) is 6.20. The molecule has 3 rings (SSSR count). The van der Waals surface area contributed by atoms with E-state index in [1.54, 1.807) is 13.8 Å². The molecule has 2 aromatic heterocycles. The van der Waals surface area contributed by atoms with E-state index in [9.17, 15) is 14.4 Å². The Morgan fingerprint density at radius 3 is 2.66 bits per heavy atom. The van der Waals surface area contributed by atoms with E-state index in [0.717, 1.165) is 51.7 Å². The number of fused-ring (bicyclic) bond motifs is 1. The first-order valence-electron chi connectivity index (χ1n) is 11.6. The maximum atomic E-state index is 12.8. The molecule has 1 fully saturated rings. The second kappa shape index (κ2) is 11.0. The predicted octanol–water partition coefficient (Wildman–Crippen LogP) is 3.55. The van der Waals surface area contributed by atoms with Crippen LogP contribution in [0.15, 0.2) is 4.79 Å². The molecule has 0 aliphatic carbocycles. The Hall–Kier alpha value is -2.26. The van der Waals surface area contributed by atoms with E-state index in [1.165, 1.54) is 11.3 Å². The van der Waals surface area contributed by atoms with Crippen LogP contribution in [0.4, 0.5) is 0 Å². The van der Waals surface area contributed by atoms with Gasteiger partial charge >= 0.3 is 5.97 Å². The summed E-state index contributed by atoms with van der Waals surface area (Å²) in [7, 11) is 0. The van der Waals surface area contributed by atoms with Crippen LogP contribution in [0.3, 0.4) is 0 Å². The number of nitrogens with one attached hydrogen (secondary N) is 2. The fourth-order valence-electron chi connectivity index (χ4n) is 4.20. The van der Waals surface area contributed by atoms with Gasteiger partial charge in [-0.1, -0.05) is 19.8 Å². The van der Waals surface area contributed by atoms with Crippen molar-refractivity contribution in [2.45, 2.75) is 65.8 Å². The van der Waals surface area contributed by atoms with Crippen molar-refractivity contribution < 1.29 is 14.3 Å². The van der Waals surface area contributed by atoms with Gasteiger partial charge in [0.05, 0.1) is 18.0 Å². The summed E-state index contributed by atoms with van der Waals surface area (Å²) in [6, 6.07) is -0.0888. The van der Waals surface area contributed by atoms with Crippen LogP contribution in [0.25, 0.3) is 10.2 Å². The third kappa shape index (κ3) is 5.38. The summed E-state index contributed by atoms with van der Waals surface area (Å²) < 4.78 is 5.11. The Bertz CT molecular complexity index is 1010. The van der Waals surface area contributed by atoms with Gasteiger partial charge in [-0.15, -0.1) is 11.3 Å². The molecule has 176 valence electrons. The van der Waals surface area contributed by atoms with Crippen molar-refractivity contribution in [2.75, 3.05) is 26.2 Å². The number of amides is 1. The molecule has 0 bridgehead atoms. The third-order valence-corrected chi connectivity index (χ3v) is 7.37. The fraction of sp³-hybridized carbons (Fsp3) is 0.652. The molecule has 9 heteroatoms. The lowest BCUT2D eigenvalue weighted by atomic mass is 9.95. The Balaban J connectivity index is 1.67. The molecule has 2 aromatic rings. The monoisotopic (exact) mass is 462 g/mol. The van der Waals surface area contributed by atoms with Crippen molar-refractivity contribution in [1.82, 2.24) is 20.2 Å². The quantitative estimate of drug-likeness (QED) is 0.436. The summed E-state index contributed by atoms with van der Waals surface area (Å²) in [5.74, 6) is 0.363. The molecule has 32 heavy (non-hydrogen) atoms. The summed E-state index contributed by atoms with van der Waals surface area (Å²) in [6.07, 6.45) is 4.89. The first-order valence-corrected chi connectivity index (χ1v) is 12.4. The average molecular weight is 463 g/mol. The minimum atomic E-state index is -0.419. The van der Waals surface area contributed by atoms with Crippen molar-refractivity contribution in [1.29, 1.82) is 0 Å². The van der Waals surface area contributed by atoms with Crippen LogP contribution < -0.4 is 10.9 Å². The molecule has 0 radical (unpaired) electrons. The topological polar surface area (TPSA) is 104 Å². The number of H-pyrrole nitrogens is 1. The van der Waals surface area contributed by atoms with Crippen LogP contribution >= 0.6 is 11.3 Å². The number of aryl methyl sites for hydroxylation is 1. The lowest BCUT2D eigenvalue weighted by Gasteiger charge is -2.35. The number of nitrogens with zero attached hydrogens (tertiary/aromatic N) is 2. The molecule has 3 heterocycles. The molecule has 1 amide bonds. The number of hydrogen-bond donors (Lipinski definition) is 2. The Morgan fingerprint density at radius 2 is 2.00 bits per heavy atom. The summed E-state index contributed by atoms with van der Waals surface area (Å²) in [5.41, 5.74) is 0.379. The number of unbranched alkanes of at least 4 members (excludes halogenated alkanes) is 2. The van der Waals surface area contributed by atoms with Gasteiger partial charge < -0.3 is 15.0 Å². The number of piperidine rings is 1. The highest BCUT2D eigenvalue weighted by molar-refractivity contribution is 7.20. The highest BCUT2D eigenvalue weighted by Gasteiger charge is 2.29. The van der Waals surface area contributed by atoms with Crippen LogP contribution in [0.1, 0.15) is 80.0 Å². The highest BCUT2D eigenvalue weighted by Crippen LogP contribution is 2.30. The zero-order chi connectivity index (χ0) is 23.3. The molecule has 1 atom stereocenters. The van der Waals surface area contributed by atoms with E-state index in [2.05, 4.69) is 27.1 Å². The molecule has 1 aliphatic rings. The van der Waals surface area contributed by atoms with Crippen molar-refractivity contribution in [3.8, 4) is 0 Å². The fourth-order valence-corrected chi connectivity index (χ4v) is 5.29. The zero-order valence-electron chi connectivity index (χ0n) is 19.5. The average Bonchev–Trinajstić information content (AvgIpc) is 3.13. The molecule has 2 N–H and O–H groups in total. The molecule has 1 aliphatic heterocycles. The molecular formula is C23H34N4O4S. The number of thiophene rings is 1. The molecular weight excluding hydrogens is 428 g/mol. The van der Waals surface area contributed by atoms with Crippen molar-refractivity contribution in [3.05, 3.63) is 26.6 Å². The van der Waals surface area contributed by atoms with E-state index in [1.807, 2.05) is 6.92 Å². The molecule has 8 nitrogen and oxygen atoms in total. The number of ether oxygens (including phenoxy) is 1. The van der Waals surface area contributed by atoms with Gasteiger partial charge in [-0.25, -0.2) is 9.78 Å². The van der Waals surface area contributed by atoms with Crippen molar-refractivity contribution >= 4 is 33.4 Å². The van der Waals surface area contributed by atoms with Crippen LogP contribution in [0.2, 0.25) is 0 Å². The van der Waals surface area contributed by atoms with E-state index < -0.39 is 5.97 Å². The summed E-state index contributed by atoms with van der Waals surface area (Å²) in [5, 5.41) is 3.51. The number of hydrogen-bond acceptors (Lipinski definition) is 7. The minimum absolute atomic E-state index is 0.0432. The molecule has 0 spiro atoms. The molecule has 1 unspecified atom stereocenters. The van der Waals surface area contributed by atoms with Gasteiger partial charge in [0.2, 0.25) is 5.91 Å². The first-order chi connectivity index (χ1) is 15.4. The van der Waals surface area contributed by atoms with Gasteiger partial charge in [0, 0.05) is 12.5 Å². The second-order valence-corrected chi connectivity index (χ2v) is 9.39. The normalized spacial score (nSPS) is 16.2. The van der Waals surface area contributed by atoms with E-state index in [-0.39, 0.29) is 30.0 Å². The maximum absolute atomic E-state index is 12.8. The standard InChI is InChI=1S/C23H34N4O4S/c1-5-7-8-11-24-20(28)16-9-12-27(13-10-16)15(4)19-25-21(29)17-14(3)18(23(30)31-6-2)32-22(17)26-19/h15-16H,5-13H2,1-4H3,(H,24,28)(H,25,26,29). The number of aromatic amines is 1. The van der Waals surface area contributed by atoms with Crippen molar-refractivity contribution in [2.24, 2.45) is 5.92 Å². The number of rotatable bonds is 9. The smallest absolute Gasteiger partial charge is 0.348 e. The van der Waals surface area contributed by atoms with E-state index in [0.29, 0.717) is 26.5 Å². The van der Waals surface area contributed by atoms with Gasteiger partial charge in [-0.05, 0) is 58.7 Å². The number of esters is 1. The van der Waals surface area contributed by atoms with Gasteiger partial charge in [0.25, 0.3) is 5.56 Å². The highest BCUT2D eigenvalue weighted by atomic mass is 32.1. The summed E-state index contributed by atoms with van der Waals surface area (Å²) >= 11 is 1.20. The lowest BCUT2D eigenvalue weighted by Crippen LogP contribution is -2.42. The van der Waals surface area contributed by atoms with Crippen LogP contribution in [-0.4, -0.2) is 53.0 Å². The Morgan fingerprint density at radius 1 is 1.28 bits per heavy atom. The van der Waals surface area contributed by atoms with Crippen LogP contribution in [0, 0.1) is 12.8 Å². The maximum Gasteiger partial charge on any atom is 0.348 e. The van der Waals surface area contributed by atoms with Crippen LogP contribution in [-0.2, 0) is 9.53 Å². The minimum Gasteiger partial charge on any atom is -0.462 e. The Kier molecular flexibility index (Phi) is 8.42. The first kappa shape index (κ1) is 24.4. The number of likely N-dealkylation sites (tertiary alicyclic amines) is 1. The van der Waals surface area contributed by atoms with Gasteiger partial charge in [-0.2, -0.15) is 0 Å². The van der Waals surface area contributed by atoms with E-state index in [4.69, 9.17) is 4.74 Å². The van der Waals surface area contributed by atoms with Gasteiger partial charge in [0.1, 0.15) is 15.5 Å². The van der Waals surface area contributed by atoms with Crippen LogP contribution in [0.5, 0.6) is 0 Å². The lowest BCUT2D eigenvalue weighted by molar-refractivity contribution is -0.126. The molecule has 1 saturated heterocycles. The molecule has 0 aromatic carbocycles. The number of aromatic nitrogens is 2. The zero-order valence-corrected chi connectivity index (χ0v) is 20.3.